The number of unbranched alkanes of at least 4 members (excludes halogenated alkanes) is 1. The van der Waals surface area contributed by atoms with E-state index in [0.717, 1.165) is 32.4 Å². The molecule has 0 saturated carbocycles. The zero-order valence-electron chi connectivity index (χ0n) is 8.10. The zero-order chi connectivity index (χ0) is 9.94. The van der Waals surface area contributed by atoms with Crippen LogP contribution in [-0.2, 0) is 4.79 Å². The molecule has 0 bridgehead atoms. The fraction of sp³-hybridized carbons (Fsp3) is 0.700. The van der Waals surface area contributed by atoms with Gasteiger partial charge in [-0.15, -0.1) is 11.8 Å². The van der Waals surface area contributed by atoms with Crippen molar-refractivity contribution in [1.29, 1.82) is 0 Å². The standard InChI is InChI=1S/C10H17NO2/c1-2-3-5-8-11-9-6-4-7-10(12)13/h11H,4-9H2,1H3,(H,12,13). The Labute approximate surface area is 79.5 Å². The quantitative estimate of drug-likeness (QED) is 0.461. The van der Waals surface area contributed by atoms with E-state index in [2.05, 4.69) is 17.2 Å². The number of aliphatic carboxylic acids is 1. The molecule has 0 rings (SSSR count). The molecule has 0 radical (unpaired) electrons. The molecule has 0 amide bonds. The molecule has 0 fully saturated rings. The van der Waals surface area contributed by atoms with Crippen molar-refractivity contribution in [3.63, 3.8) is 0 Å². The van der Waals surface area contributed by atoms with Crippen LogP contribution in [0.2, 0.25) is 0 Å². The molecule has 0 heterocycles. The molecule has 2 N–H and O–H groups in total. The third-order valence-corrected chi connectivity index (χ3v) is 1.60. The van der Waals surface area contributed by atoms with Gasteiger partial charge in [0.1, 0.15) is 0 Å². The van der Waals surface area contributed by atoms with Gasteiger partial charge in [0, 0.05) is 19.4 Å². The van der Waals surface area contributed by atoms with Gasteiger partial charge >= 0.3 is 5.97 Å². The second-order valence-corrected chi connectivity index (χ2v) is 2.78. The van der Waals surface area contributed by atoms with Crippen LogP contribution < -0.4 is 5.32 Å². The lowest BCUT2D eigenvalue weighted by atomic mass is 10.2. The highest BCUT2D eigenvalue weighted by Crippen LogP contribution is 1.92. The third kappa shape index (κ3) is 11.0. The van der Waals surface area contributed by atoms with Crippen molar-refractivity contribution in [1.82, 2.24) is 5.32 Å². The molecule has 0 saturated heterocycles. The van der Waals surface area contributed by atoms with Gasteiger partial charge in [-0.1, -0.05) is 0 Å². The monoisotopic (exact) mass is 183 g/mol. The van der Waals surface area contributed by atoms with Crippen LogP contribution in [0.3, 0.4) is 0 Å². The lowest BCUT2D eigenvalue weighted by molar-refractivity contribution is -0.137. The van der Waals surface area contributed by atoms with Crippen molar-refractivity contribution < 1.29 is 9.90 Å². The van der Waals surface area contributed by atoms with E-state index < -0.39 is 5.97 Å². The Bertz CT molecular complexity index is 191. The highest BCUT2D eigenvalue weighted by atomic mass is 16.4. The van der Waals surface area contributed by atoms with E-state index in [1.807, 2.05) is 6.92 Å². The minimum Gasteiger partial charge on any atom is -0.481 e. The predicted octanol–water partition coefficient (Wildman–Crippen LogP) is 1.24. The predicted molar refractivity (Wildman–Crippen MR) is 52.4 cm³/mol. The number of nitrogens with one attached hydrogen (secondary N) is 1. The highest BCUT2D eigenvalue weighted by molar-refractivity contribution is 5.66. The molecule has 0 aliphatic heterocycles. The van der Waals surface area contributed by atoms with Gasteiger partial charge < -0.3 is 10.4 Å². The molecule has 0 unspecified atom stereocenters. The fourth-order valence-electron chi connectivity index (χ4n) is 0.927. The lowest BCUT2D eigenvalue weighted by Gasteiger charge is -2.00. The summed E-state index contributed by atoms with van der Waals surface area (Å²) >= 11 is 0. The number of hydrogen-bond donors (Lipinski definition) is 2. The summed E-state index contributed by atoms with van der Waals surface area (Å²) < 4.78 is 0. The fourth-order valence-corrected chi connectivity index (χ4v) is 0.927. The Balaban J connectivity index is 2.98. The number of rotatable bonds is 7. The van der Waals surface area contributed by atoms with Gasteiger partial charge in [-0.2, -0.15) is 0 Å². The molecule has 0 aliphatic carbocycles. The first-order chi connectivity index (χ1) is 6.27. The van der Waals surface area contributed by atoms with E-state index in [-0.39, 0.29) is 6.42 Å². The van der Waals surface area contributed by atoms with Gasteiger partial charge in [-0.25, -0.2) is 0 Å². The minimum atomic E-state index is -0.711. The lowest BCUT2D eigenvalue weighted by Crippen LogP contribution is -2.16. The van der Waals surface area contributed by atoms with Gasteiger partial charge in [0.15, 0.2) is 0 Å². The molecule has 0 aromatic carbocycles. The van der Waals surface area contributed by atoms with Crippen molar-refractivity contribution in [2.75, 3.05) is 13.1 Å². The van der Waals surface area contributed by atoms with Crippen molar-refractivity contribution in [3.8, 4) is 11.8 Å². The summed E-state index contributed by atoms with van der Waals surface area (Å²) in [6.45, 7) is 3.61. The Morgan fingerprint density at radius 3 is 2.77 bits per heavy atom. The summed E-state index contributed by atoms with van der Waals surface area (Å²) in [5.74, 6) is 5.06. The molecule has 0 aliphatic rings. The number of carboxylic acids is 1. The van der Waals surface area contributed by atoms with E-state index in [1.165, 1.54) is 0 Å². The Morgan fingerprint density at radius 2 is 2.15 bits per heavy atom. The van der Waals surface area contributed by atoms with Crippen molar-refractivity contribution >= 4 is 5.97 Å². The summed E-state index contributed by atoms with van der Waals surface area (Å²) in [7, 11) is 0. The van der Waals surface area contributed by atoms with Crippen molar-refractivity contribution in [2.24, 2.45) is 0 Å². The van der Waals surface area contributed by atoms with Gasteiger partial charge in [0.05, 0.1) is 0 Å². The van der Waals surface area contributed by atoms with Gasteiger partial charge in [0.2, 0.25) is 0 Å². The maximum atomic E-state index is 10.1. The molecular formula is C10H17NO2. The van der Waals surface area contributed by atoms with Crippen LogP contribution in [0.5, 0.6) is 0 Å². The molecular weight excluding hydrogens is 166 g/mol. The van der Waals surface area contributed by atoms with Crippen molar-refractivity contribution in [3.05, 3.63) is 0 Å². The SMILES string of the molecule is CC#CCCNCCCCC(=O)O. The maximum Gasteiger partial charge on any atom is 0.303 e. The molecule has 13 heavy (non-hydrogen) atoms. The van der Waals surface area contributed by atoms with Crippen LogP contribution in [0.4, 0.5) is 0 Å². The largest absolute Gasteiger partial charge is 0.481 e. The normalized spacial score (nSPS) is 9.00. The van der Waals surface area contributed by atoms with Crippen LogP contribution in [0, 0.1) is 11.8 Å². The molecule has 3 nitrogen and oxygen atoms in total. The van der Waals surface area contributed by atoms with Crippen LogP contribution in [0.15, 0.2) is 0 Å². The van der Waals surface area contributed by atoms with E-state index in [1.54, 1.807) is 0 Å². The highest BCUT2D eigenvalue weighted by Gasteiger charge is 1.94. The second-order valence-electron chi connectivity index (χ2n) is 2.78. The van der Waals surface area contributed by atoms with Gasteiger partial charge in [0.25, 0.3) is 0 Å². The third-order valence-electron chi connectivity index (χ3n) is 1.60. The van der Waals surface area contributed by atoms with Crippen LogP contribution >= 0.6 is 0 Å². The number of hydrogen-bond acceptors (Lipinski definition) is 2. The number of carboxylic acid groups (broad SMARTS) is 1. The van der Waals surface area contributed by atoms with Crippen molar-refractivity contribution in [2.45, 2.75) is 32.6 Å². The summed E-state index contributed by atoms with van der Waals surface area (Å²) in [5.41, 5.74) is 0. The second kappa shape index (κ2) is 9.08. The average Bonchev–Trinajstić information content (AvgIpc) is 2.09. The number of carbonyl (C=O) groups is 1. The van der Waals surface area contributed by atoms with E-state index in [9.17, 15) is 4.79 Å². The topological polar surface area (TPSA) is 49.3 Å². The summed E-state index contributed by atoms with van der Waals surface area (Å²) in [4.78, 5) is 10.1. The first-order valence-corrected chi connectivity index (χ1v) is 4.59. The molecule has 0 atom stereocenters. The summed E-state index contributed by atoms with van der Waals surface area (Å²) in [6, 6.07) is 0. The summed E-state index contributed by atoms with van der Waals surface area (Å²) in [6.07, 6.45) is 2.82. The first kappa shape index (κ1) is 12.0. The van der Waals surface area contributed by atoms with Crippen LogP contribution in [0.25, 0.3) is 0 Å². The molecule has 0 aromatic rings. The molecule has 3 heteroatoms. The minimum absolute atomic E-state index is 0.274. The van der Waals surface area contributed by atoms with Gasteiger partial charge in [-0.05, 0) is 26.3 Å². The Kier molecular flexibility index (Phi) is 8.38. The summed E-state index contributed by atoms with van der Waals surface area (Å²) in [5, 5.41) is 11.5. The first-order valence-electron chi connectivity index (χ1n) is 4.59. The molecule has 0 aromatic heterocycles. The molecule has 0 spiro atoms. The smallest absolute Gasteiger partial charge is 0.303 e. The van der Waals surface area contributed by atoms with Crippen LogP contribution in [0.1, 0.15) is 32.6 Å². The zero-order valence-corrected chi connectivity index (χ0v) is 8.10. The average molecular weight is 183 g/mol. The van der Waals surface area contributed by atoms with E-state index in [4.69, 9.17) is 5.11 Å². The van der Waals surface area contributed by atoms with E-state index in [0.29, 0.717) is 0 Å². The van der Waals surface area contributed by atoms with E-state index >= 15 is 0 Å². The molecule has 74 valence electrons. The Morgan fingerprint density at radius 1 is 1.38 bits per heavy atom. The Hall–Kier alpha value is -1.01. The van der Waals surface area contributed by atoms with Gasteiger partial charge in [-0.3, -0.25) is 4.79 Å². The maximum absolute atomic E-state index is 10.1. The van der Waals surface area contributed by atoms with Crippen LogP contribution in [-0.4, -0.2) is 24.2 Å².